The molecule has 0 aliphatic heterocycles. The van der Waals surface area contributed by atoms with Crippen LogP contribution < -0.4 is 5.32 Å². The van der Waals surface area contributed by atoms with Gasteiger partial charge in [-0.3, -0.25) is 0 Å². The maximum Gasteiger partial charge on any atom is 0.169 e. The first-order valence-electron chi connectivity index (χ1n) is 7.08. The lowest BCUT2D eigenvalue weighted by Gasteiger charge is -2.36. The van der Waals surface area contributed by atoms with Gasteiger partial charge in [-0.05, 0) is 44.4 Å². The highest BCUT2D eigenvalue weighted by molar-refractivity contribution is 7.15. The van der Waals surface area contributed by atoms with Crippen LogP contribution in [-0.4, -0.2) is 17.0 Å². The van der Waals surface area contributed by atoms with Crippen LogP contribution in [0.1, 0.15) is 42.4 Å². The van der Waals surface area contributed by atoms with Gasteiger partial charge in [0.2, 0.25) is 0 Å². The number of fused-ring (bicyclic) bond motifs is 1. The third kappa shape index (κ3) is 2.50. The lowest BCUT2D eigenvalue weighted by atomic mass is 9.74. The fourth-order valence-electron chi connectivity index (χ4n) is 2.98. The number of nitrogens with one attached hydrogen (secondary N) is 1. The van der Waals surface area contributed by atoms with Crippen LogP contribution in [0.2, 0.25) is 0 Å². The monoisotopic (exact) mass is 287 g/mol. The number of hydrogen-bond donors (Lipinski definition) is 1. The minimum atomic E-state index is 0.289. The predicted molar refractivity (Wildman–Crippen MR) is 84.0 cm³/mol. The summed E-state index contributed by atoms with van der Waals surface area (Å²) in [4.78, 5) is 11.9. The highest BCUT2D eigenvalue weighted by atomic mass is 32.1. The summed E-state index contributed by atoms with van der Waals surface area (Å²) in [5.41, 5.74) is 2.76. The number of aromatic nitrogens is 2. The van der Waals surface area contributed by atoms with E-state index in [1.807, 2.05) is 13.2 Å². The van der Waals surface area contributed by atoms with Gasteiger partial charge in [-0.25, -0.2) is 9.97 Å². The second-order valence-corrected chi connectivity index (χ2v) is 7.68. The molecule has 106 valence electrons. The van der Waals surface area contributed by atoms with Crippen LogP contribution in [0.5, 0.6) is 0 Å². The first-order chi connectivity index (χ1) is 9.48. The molecule has 1 atom stereocenters. The van der Waals surface area contributed by atoms with Crippen molar-refractivity contribution in [2.45, 2.75) is 39.7 Å². The summed E-state index contributed by atoms with van der Waals surface area (Å²) in [5, 5.41) is 3.40. The standard InChI is InChI=1S/C16H21N3S/c1-10-5-6-14(20-10)15-18-9-11-12(17-4)7-16(2,3)8-13(11)19-15/h5-6,9,12,17H,7-8H2,1-4H3. The Bertz CT molecular complexity index is 630. The molecule has 0 amide bonds. The summed E-state index contributed by atoms with van der Waals surface area (Å²) in [6.45, 7) is 6.75. The summed E-state index contributed by atoms with van der Waals surface area (Å²) in [5.74, 6) is 0.870. The molecule has 2 aromatic rings. The van der Waals surface area contributed by atoms with E-state index in [4.69, 9.17) is 4.98 Å². The first-order valence-corrected chi connectivity index (χ1v) is 7.90. The van der Waals surface area contributed by atoms with Crippen molar-refractivity contribution in [2.24, 2.45) is 5.41 Å². The molecule has 2 aromatic heterocycles. The van der Waals surface area contributed by atoms with Crippen molar-refractivity contribution in [3.8, 4) is 10.7 Å². The summed E-state index contributed by atoms with van der Waals surface area (Å²) in [7, 11) is 2.02. The molecule has 0 saturated carbocycles. The molecule has 1 aliphatic rings. The Labute approximate surface area is 124 Å². The Balaban J connectivity index is 2.04. The molecule has 1 unspecified atom stereocenters. The summed E-state index contributed by atoms with van der Waals surface area (Å²) >= 11 is 1.76. The zero-order chi connectivity index (χ0) is 14.3. The molecule has 0 aromatic carbocycles. The number of aryl methyl sites for hydroxylation is 1. The Morgan fingerprint density at radius 1 is 1.35 bits per heavy atom. The minimum Gasteiger partial charge on any atom is -0.313 e. The van der Waals surface area contributed by atoms with Crippen LogP contribution in [0.15, 0.2) is 18.3 Å². The van der Waals surface area contributed by atoms with Gasteiger partial charge in [0.05, 0.1) is 4.88 Å². The van der Waals surface area contributed by atoms with Crippen LogP contribution >= 0.6 is 11.3 Å². The van der Waals surface area contributed by atoms with Gasteiger partial charge in [-0.15, -0.1) is 11.3 Å². The SMILES string of the molecule is CNC1CC(C)(C)Cc2nc(-c3ccc(C)s3)ncc21. The minimum absolute atomic E-state index is 0.289. The fourth-order valence-corrected chi connectivity index (χ4v) is 3.79. The molecule has 0 spiro atoms. The van der Waals surface area contributed by atoms with Gasteiger partial charge < -0.3 is 5.32 Å². The van der Waals surface area contributed by atoms with E-state index in [-0.39, 0.29) is 5.41 Å². The van der Waals surface area contributed by atoms with Crippen molar-refractivity contribution >= 4 is 11.3 Å². The van der Waals surface area contributed by atoms with Crippen molar-refractivity contribution in [2.75, 3.05) is 7.05 Å². The summed E-state index contributed by atoms with van der Waals surface area (Å²) in [6, 6.07) is 4.61. The quantitative estimate of drug-likeness (QED) is 0.914. The first kappa shape index (κ1) is 13.7. The zero-order valence-electron chi connectivity index (χ0n) is 12.5. The van der Waals surface area contributed by atoms with Gasteiger partial charge in [0, 0.05) is 28.4 Å². The van der Waals surface area contributed by atoms with Crippen LogP contribution in [0.3, 0.4) is 0 Å². The average Bonchev–Trinajstić information content (AvgIpc) is 2.82. The van der Waals surface area contributed by atoms with Crippen molar-refractivity contribution < 1.29 is 0 Å². The lowest BCUT2D eigenvalue weighted by molar-refractivity contribution is 0.260. The number of rotatable bonds is 2. The van der Waals surface area contributed by atoms with Gasteiger partial charge in [0.25, 0.3) is 0 Å². The molecule has 4 heteroatoms. The van der Waals surface area contributed by atoms with Crippen molar-refractivity contribution in [1.82, 2.24) is 15.3 Å². The van der Waals surface area contributed by atoms with E-state index in [9.17, 15) is 0 Å². The van der Waals surface area contributed by atoms with E-state index in [0.29, 0.717) is 6.04 Å². The lowest BCUT2D eigenvalue weighted by Crippen LogP contribution is -2.32. The van der Waals surface area contributed by atoms with Gasteiger partial charge in [-0.1, -0.05) is 13.8 Å². The molecule has 0 bridgehead atoms. The van der Waals surface area contributed by atoms with Crippen molar-refractivity contribution in [3.05, 3.63) is 34.5 Å². The highest BCUT2D eigenvalue weighted by Gasteiger charge is 2.32. The molecule has 1 aliphatic carbocycles. The Morgan fingerprint density at radius 2 is 2.15 bits per heavy atom. The maximum atomic E-state index is 4.85. The van der Waals surface area contributed by atoms with Crippen molar-refractivity contribution in [3.63, 3.8) is 0 Å². The molecule has 3 nitrogen and oxygen atoms in total. The van der Waals surface area contributed by atoms with E-state index in [2.05, 4.69) is 43.2 Å². The van der Waals surface area contributed by atoms with Gasteiger partial charge in [0.1, 0.15) is 0 Å². The van der Waals surface area contributed by atoms with E-state index in [0.717, 1.165) is 23.5 Å². The van der Waals surface area contributed by atoms with E-state index in [1.165, 1.54) is 16.1 Å². The maximum absolute atomic E-state index is 4.85. The largest absolute Gasteiger partial charge is 0.313 e. The molecule has 0 radical (unpaired) electrons. The normalized spacial score (nSPS) is 20.7. The Hall–Kier alpha value is -1.26. The van der Waals surface area contributed by atoms with E-state index >= 15 is 0 Å². The van der Waals surface area contributed by atoms with Gasteiger partial charge >= 0.3 is 0 Å². The summed E-state index contributed by atoms with van der Waals surface area (Å²) < 4.78 is 0. The molecule has 2 heterocycles. The van der Waals surface area contributed by atoms with Gasteiger partial charge in [0.15, 0.2) is 5.82 Å². The topological polar surface area (TPSA) is 37.8 Å². The number of hydrogen-bond acceptors (Lipinski definition) is 4. The number of nitrogens with zero attached hydrogens (tertiary/aromatic N) is 2. The third-order valence-corrected chi connectivity index (χ3v) is 4.98. The van der Waals surface area contributed by atoms with Crippen LogP contribution in [0.4, 0.5) is 0 Å². The second kappa shape index (κ2) is 4.93. The van der Waals surface area contributed by atoms with E-state index in [1.54, 1.807) is 11.3 Å². The van der Waals surface area contributed by atoms with Gasteiger partial charge in [-0.2, -0.15) is 0 Å². The molecule has 0 saturated heterocycles. The van der Waals surface area contributed by atoms with Crippen LogP contribution in [-0.2, 0) is 6.42 Å². The molecule has 1 N–H and O–H groups in total. The summed E-state index contributed by atoms with van der Waals surface area (Å²) in [6.07, 6.45) is 4.18. The predicted octanol–water partition coefficient (Wildman–Crippen LogP) is 3.75. The molecule has 20 heavy (non-hydrogen) atoms. The van der Waals surface area contributed by atoms with Crippen LogP contribution in [0, 0.1) is 12.3 Å². The molecular formula is C16H21N3S. The molecule has 3 rings (SSSR count). The molecular weight excluding hydrogens is 266 g/mol. The molecule has 0 fully saturated rings. The second-order valence-electron chi connectivity index (χ2n) is 6.39. The number of thiophene rings is 1. The third-order valence-electron chi connectivity index (χ3n) is 3.99. The van der Waals surface area contributed by atoms with Crippen molar-refractivity contribution in [1.29, 1.82) is 0 Å². The Kier molecular flexibility index (Phi) is 3.38. The smallest absolute Gasteiger partial charge is 0.169 e. The average molecular weight is 287 g/mol. The Morgan fingerprint density at radius 3 is 2.80 bits per heavy atom. The van der Waals surface area contributed by atoms with E-state index < -0.39 is 0 Å². The fraction of sp³-hybridized carbons (Fsp3) is 0.500. The highest BCUT2D eigenvalue weighted by Crippen LogP contribution is 2.40. The van der Waals surface area contributed by atoms with Crippen LogP contribution in [0.25, 0.3) is 10.7 Å². The zero-order valence-corrected chi connectivity index (χ0v) is 13.3.